The first-order chi connectivity index (χ1) is 46.5. The van der Waals surface area contributed by atoms with E-state index in [0.717, 1.165) is 106 Å². The van der Waals surface area contributed by atoms with Crippen LogP contribution in [0.5, 0.6) is 0 Å². The number of fused-ring (bicyclic) bond motifs is 12. The third kappa shape index (κ3) is 8.55. The summed E-state index contributed by atoms with van der Waals surface area (Å²) in [6.07, 6.45) is 16.6. The SMILES string of the molecule is CN[C@@H]1Cc2c(cccc2CO)C#C[C@@]2(CC[C@@H](Cc3ccccc3)C2)C[C@]23CC[C@H]4[C@@](O)([C@H](O)[C@H]5C[C@H]6CC[C@@H]7[C@H]8O[C@@H](Cc9cccc(c9)C[C@@H]9CC[C@@H](C9)[C@H]6C)C[C@H]6C[C@H]9C[C@@H](c%10ccccc%10)CC[C@H]9[C@]68C[C@@]4(C=O)[C@@]75O)[C@@]2(O)C[C@H]2C[C@H]1[C@@H]1OC(=O)C=C1[C@@]23CO. The zero-order valence-electron chi connectivity index (χ0n) is 56.6. The third-order valence-electron chi connectivity index (χ3n) is 32.1. The number of aldehydes is 1. The van der Waals surface area contributed by atoms with Crippen molar-refractivity contribution >= 4 is 12.3 Å². The molecule has 11 nitrogen and oxygen atoms in total. The lowest BCUT2D eigenvalue weighted by atomic mass is 9.30. The largest absolute Gasteiger partial charge is 0.454 e. The molecule has 3 spiro atoms. The van der Waals surface area contributed by atoms with Crippen LogP contribution in [-0.2, 0) is 51.4 Å². The molecule has 0 amide bonds. The van der Waals surface area contributed by atoms with E-state index < -0.39 is 98.4 Å². The van der Waals surface area contributed by atoms with Gasteiger partial charge in [-0.25, -0.2) is 4.79 Å². The number of hydrogen-bond donors (Lipinski definition) is 7. The van der Waals surface area contributed by atoms with E-state index in [1.807, 2.05) is 19.2 Å². The average molecular weight is 1300 g/mol. The first-order valence-corrected chi connectivity index (χ1v) is 38.1. The molecule has 19 rings (SSSR count). The van der Waals surface area contributed by atoms with Crippen LogP contribution >= 0.6 is 0 Å². The van der Waals surface area contributed by atoms with Crippen LogP contribution in [0.15, 0.2) is 115 Å². The van der Waals surface area contributed by atoms with E-state index in [2.05, 4.69) is 115 Å². The lowest BCUT2D eigenvalue weighted by Crippen LogP contribution is -2.87. The maximum Gasteiger partial charge on any atom is 0.331 e. The summed E-state index contributed by atoms with van der Waals surface area (Å²) in [6, 6.07) is 36.7. The van der Waals surface area contributed by atoms with Gasteiger partial charge in [-0.2, -0.15) is 0 Å². The van der Waals surface area contributed by atoms with E-state index in [9.17, 15) is 20.1 Å². The summed E-state index contributed by atoms with van der Waals surface area (Å²) >= 11 is 0. The topological polar surface area (TPSA) is 186 Å². The Balaban J connectivity index is 0.853. The van der Waals surface area contributed by atoms with E-state index in [4.69, 9.17) is 9.47 Å². The molecule has 0 unspecified atom stereocenters. The minimum absolute atomic E-state index is 0.00146. The fourth-order valence-electron chi connectivity index (χ4n) is 28.5. The molecule has 4 aromatic carbocycles. The van der Waals surface area contributed by atoms with E-state index >= 15 is 20.1 Å². The van der Waals surface area contributed by atoms with Crippen LogP contribution in [0.4, 0.5) is 0 Å². The Labute approximate surface area is 568 Å². The average Bonchev–Trinajstić information content (AvgIpc) is 1.28. The van der Waals surface area contributed by atoms with Crippen molar-refractivity contribution in [3.63, 3.8) is 0 Å². The number of ether oxygens (including phenoxy) is 2. The van der Waals surface area contributed by atoms with E-state index in [1.54, 1.807) is 6.08 Å². The monoisotopic (exact) mass is 1300 g/mol. The number of nitrogens with one attached hydrogen (secondary N) is 1. The number of hydrogen-bond acceptors (Lipinski definition) is 11. The van der Waals surface area contributed by atoms with E-state index in [0.29, 0.717) is 74.2 Å². The molecule has 508 valence electrons. The van der Waals surface area contributed by atoms with Gasteiger partial charge in [0.15, 0.2) is 0 Å². The number of rotatable bonds is 7. The van der Waals surface area contributed by atoms with Crippen molar-refractivity contribution in [2.45, 2.75) is 221 Å². The number of carbonyl (C=O) groups excluding carboxylic acids is 2. The van der Waals surface area contributed by atoms with Gasteiger partial charge in [0.05, 0.1) is 42.5 Å². The number of aliphatic hydroxyl groups excluding tert-OH is 3. The summed E-state index contributed by atoms with van der Waals surface area (Å²) < 4.78 is 14.7. The predicted molar refractivity (Wildman–Crippen MR) is 365 cm³/mol. The Morgan fingerprint density at radius 1 is 0.708 bits per heavy atom. The summed E-state index contributed by atoms with van der Waals surface area (Å²) in [5.41, 5.74) is -3.68. The highest BCUT2D eigenvalue weighted by atomic mass is 16.5. The molecule has 10 saturated carbocycles. The molecule has 0 radical (unpaired) electrons. The Hall–Kier alpha value is -5.00. The molecule has 11 fully saturated rings. The highest BCUT2D eigenvalue weighted by Crippen LogP contribution is 2.84. The first-order valence-electron chi connectivity index (χ1n) is 38.1. The van der Waals surface area contributed by atoms with Crippen LogP contribution in [0.25, 0.3) is 0 Å². The van der Waals surface area contributed by atoms with Gasteiger partial charge in [-0.15, -0.1) is 0 Å². The predicted octanol–water partition coefficient (Wildman–Crippen LogP) is 11.8. The Kier molecular flexibility index (Phi) is 15.0. The van der Waals surface area contributed by atoms with Crippen LogP contribution in [0.1, 0.15) is 180 Å². The van der Waals surface area contributed by atoms with Gasteiger partial charge in [-0.05, 0) is 265 Å². The van der Waals surface area contributed by atoms with Gasteiger partial charge in [0.2, 0.25) is 0 Å². The van der Waals surface area contributed by atoms with Crippen molar-refractivity contribution < 1.29 is 49.7 Å². The summed E-state index contributed by atoms with van der Waals surface area (Å²) in [7, 11) is 1.93. The molecule has 7 N–H and O–H groups in total. The Morgan fingerprint density at radius 2 is 1.48 bits per heavy atom. The van der Waals surface area contributed by atoms with Crippen LogP contribution in [-0.4, -0.2) is 104 Å². The molecule has 4 aromatic rings. The molecule has 96 heavy (non-hydrogen) atoms. The molecule has 0 aromatic heterocycles. The molecule has 1 saturated heterocycles. The maximum atomic E-state index is 16.3. The molecule has 15 aliphatic rings. The van der Waals surface area contributed by atoms with Gasteiger partial charge in [-0.1, -0.05) is 116 Å². The van der Waals surface area contributed by atoms with Crippen LogP contribution in [0.2, 0.25) is 0 Å². The van der Waals surface area contributed by atoms with Crippen molar-refractivity contribution in [1.82, 2.24) is 5.32 Å². The summed E-state index contributed by atoms with van der Waals surface area (Å²) in [5, 5.41) is 90.4. The maximum absolute atomic E-state index is 16.3. The Morgan fingerprint density at radius 3 is 2.27 bits per heavy atom. The smallest absolute Gasteiger partial charge is 0.331 e. The van der Waals surface area contributed by atoms with Gasteiger partial charge in [-0.3, -0.25) is 0 Å². The summed E-state index contributed by atoms with van der Waals surface area (Å²) in [6.45, 7) is 1.82. The highest BCUT2D eigenvalue weighted by molar-refractivity contribution is 5.87. The zero-order valence-corrected chi connectivity index (χ0v) is 56.6. The minimum atomic E-state index is -2.40. The van der Waals surface area contributed by atoms with Gasteiger partial charge in [0, 0.05) is 63.0 Å². The zero-order chi connectivity index (χ0) is 65.5. The number of likely N-dealkylation sites (N-methyl/N-ethyl adjacent to an activating group) is 1. The van der Waals surface area contributed by atoms with E-state index in [1.165, 1.54) is 22.3 Å². The number of benzene rings is 4. The van der Waals surface area contributed by atoms with Crippen molar-refractivity contribution in [3.05, 3.63) is 154 Å². The molecule has 12 bridgehead atoms. The molecule has 11 heteroatoms. The summed E-state index contributed by atoms with van der Waals surface area (Å²) in [5.74, 6) is 6.36. The van der Waals surface area contributed by atoms with Crippen molar-refractivity contribution in [2.24, 2.45) is 104 Å². The van der Waals surface area contributed by atoms with Gasteiger partial charge >= 0.3 is 5.97 Å². The molecule has 12 aliphatic carbocycles. The molecule has 3 heterocycles. The molecular weight excluding hydrogens is 1190 g/mol. The lowest BCUT2D eigenvalue weighted by Gasteiger charge is -2.77. The first kappa shape index (κ1) is 63.2. The second kappa shape index (κ2) is 22.8. The second-order valence-corrected chi connectivity index (χ2v) is 35.1. The van der Waals surface area contributed by atoms with Crippen molar-refractivity contribution in [1.29, 1.82) is 0 Å². The van der Waals surface area contributed by atoms with Gasteiger partial charge < -0.3 is 50.2 Å². The summed E-state index contributed by atoms with van der Waals surface area (Å²) in [4.78, 5) is 30.9. The van der Waals surface area contributed by atoms with Crippen molar-refractivity contribution in [2.75, 3.05) is 13.7 Å². The quantitative estimate of drug-likeness (QED) is 0.0530. The molecular formula is C85H103NO10. The molecule has 3 aliphatic heterocycles. The normalized spacial score (nSPS) is 48.2. The van der Waals surface area contributed by atoms with Crippen LogP contribution in [0.3, 0.4) is 0 Å². The number of esters is 1. The molecule has 27 atom stereocenters. The number of aliphatic hydroxyl groups is 6. The third-order valence-corrected chi connectivity index (χ3v) is 32.1. The highest BCUT2D eigenvalue weighted by Gasteiger charge is 2.90. The minimum Gasteiger partial charge on any atom is -0.454 e. The van der Waals surface area contributed by atoms with E-state index in [-0.39, 0.29) is 79.9 Å². The van der Waals surface area contributed by atoms with Crippen molar-refractivity contribution in [3.8, 4) is 11.8 Å². The fourth-order valence-corrected chi connectivity index (χ4v) is 28.5. The Bertz CT molecular complexity index is 3810. The lowest BCUT2D eigenvalue weighted by molar-refractivity contribution is -0.398. The standard InChI is InChI=1S/C85H103NO10/c1-50-58-20-19-54(34-58)33-52-13-9-14-53(32-52)35-65-39-63-37-62-36-60(56-15-7-4-8-16-56)22-23-68(62)81(63)47-79(48-88)73-27-30-80-46-78(28-25-55(43-78)31-51-11-5-3-6-12-51)29-26-57-17-10-18-61(45-87)66(57)41-72(86-2)67-40-64(82(80,49-89)70-42-74(90)96-75(67)70)44-83(80,92)85(73,94)76(91)71-38-59(50)21-24-69(77(81)95-65)84(71,79)93/h3-18,32,42,48,50,54-55,58-60,62-65,67-69,71-73,75-77,86-87,89,91-94H,19-25,27-28,30-31,33-41,43-47,49H2,1-2H3/t50-,54+,55+,58+,59-,60+,62-,63-,64-,65+,67-,68-,69-,71-,72-,73-,75+,76-,77-,78-,79+,80+,81+,82-,83-,84-,85-/m1/s1. The van der Waals surface area contributed by atoms with Crippen LogP contribution < -0.4 is 5.32 Å². The van der Waals surface area contributed by atoms with Gasteiger partial charge in [0.1, 0.15) is 23.6 Å². The van der Waals surface area contributed by atoms with Crippen LogP contribution in [0, 0.1) is 116 Å². The number of carbonyl (C=O) groups is 2. The van der Waals surface area contributed by atoms with Gasteiger partial charge in [0.25, 0.3) is 0 Å². The fraction of sp³-hybridized carbons (Fsp3) is 0.647. The second-order valence-electron chi connectivity index (χ2n) is 35.1.